The Labute approximate surface area is 121 Å². The van der Waals surface area contributed by atoms with Crippen molar-refractivity contribution in [1.29, 1.82) is 0 Å². The number of rotatable bonds is 4. The van der Waals surface area contributed by atoms with E-state index in [0.717, 1.165) is 6.26 Å². The Hall–Kier alpha value is -2.42. The molecule has 21 heavy (non-hydrogen) atoms. The summed E-state index contributed by atoms with van der Waals surface area (Å²) in [5.74, 6) is 0.252. The Morgan fingerprint density at radius 1 is 1.33 bits per heavy atom. The number of nitrogens with one attached hydrogen (secondary N) is 2. The van der Waals surface area contributed by atoms with E-state index in [2.05, 4.69) is 20.3 Å². The summed E-state index contributed by atoms with van der Waals surface area (Å²) in [5, 5.41) is 2.88. The highest BCUT2D eigenvalue weighted by atomic mass is 32.2. The van der Waals surface area contributed by atoms with E-state index in [-0.39, 0.29) is 16.6 Å². The van der Waals surface area contributed by atoms with Crippen LogP contribution in [0, 0.1) is 6.92 Å². The molecule has 2 heterocycles. The molecule has 0 aliphatic heterocycles. The van der Waals surface area contributed by atoms with Gasteiger partial charge in [0.1, 0.15) is 0 Å². The van der Waals surface area contributed by atoms with Gasteiger partial charge in [0.2, 0.25) is 5.75 Å². The van der Waals surface area contributed by atoms with E-state index in [1.165, 1.54) is 19.5 Å². The van der Waals surface area contributed by atoms with Crippen LogP contribution in [0.5, 0.6) is 5.75 Å². The lowest BCUT2D eigenvalue weighted by molar-refractivity contribution is 0.408. The quantitative estimate of drug-likeness (QED) is 0.851. The second-order valence-electron chi connectivity index (χ2n) is 4.29. The molecule has 0 amide bonds. The number of aromatic amines is 1. The molecule has 0 spiro atoms. The zero-order valence-electron chi connectivity index (χ0n) is 11.7. The van der Waals surface area contributed by atoms with Gasteiger partial charge < -0.3 is 15.0 Å². The predicted octanol–water partition coefficient (Wildman–Crippen LogP) is 0.629. The summed E-state index contributed by atoms with van der Waals surface area (Å²) in [4.78, 5) is 22.0. The van der Waals surface area contributed by atoms with E-state index >= 15 is 0 Å². The molecule has 2 rings (SSSR count). The first kappa shape index (κ1) is 15.0. The average Bonchev–Trinajstić information content (AvgIpc) is 2.40. The molecule has 0 aromatic carbocycles. The van der Waals surface area contributed by atoms with Gasteiger partial charge in [-0.25, -0.2) is 18.4 Å². The first-order chi connectivity index (χ1) is 9.82. The van der Waals surface area contributed by atoms with Gasteiger partial charge in [0.25, 0.3) is 5.56 Å². The van der Waals surface area contributed by atoms with Crippen molar-refractivity contribution in [3.63, 3.8) is 0 Å². The van der Waals surface area contributed by atoms with Gasteiger partial charge in [-0.2, -0.15) is 0 Å². The molecule has 0 bridgehead atoms. The number of sulfone groups is 1. The van der Waals surface area contributed by atoms with Crippen LogP contribution < -0.4 is 15.6 Å². The highest BCUT2D eigenvalue weighted by Gasteiger charge is 2.13. The van der Waals surface area contributed by atoms with Gasteiger partial charge in [0.05, 0.1) is 24.8 Å². The summed E-state index contributed by atoms with van der Waals surface area (Å²) in [5.41, 5.74) is 0.564. The van der Waals surface area contributed by atoms with E-state index in [9.17, 15) is 13.2 Å². The van der Waals surface area contributed by atoms with Crippen LogP contribution in [0.2, 0.25) is 0 Å². The van der Waals surface area contributed by atoms with Crippen LogP contribution in [0.3, 0.4) is 0 Å². The summed E-state index contributed by atoms with van der Waals surface area (Å²) in [7, 11) is -2.01. The maximum atomic E-state index is 11.6. The maximum Gasteiger partial charge on any atom is 0.295 e. The molecule has 2 N–H and O–H groups in total. The number of pyridine rings is 1. The van der Waals surface area contributed by atoms with Crippen LogP contribution in [-0.4, -0.2) is 36.7 Å². The Morgan fingerprint density at radius 2 is 2.05 bits per heavy atom. The fourth-order valence-electron chi connectivity index (χ4n) is 1.67. The molecule has 2 aromatic heterocycles. The summed E-state index contributed by atoms with van der Waals surface area (Å²) >= 11 is 0. The van der Waals surface area contributed by atoms with Crippen LogP contribution in [0.15, 0.2) is 28.3 Å². The largest absolute Gasteiger partial charge is 0.489 e. The third kappa shape index (κ3) is 3.19. The number of aromatic nitrogens is 3. The van der Waals surface area contributed by atoms with Crippen LogP contribution in [0.4, 0.5) is 11.5 Å². The normalized spacial score (nSPS) is 11.2. The number of nitrogens with zero attached hydrogens (tertiary/aromatic N) is 2. The minimum absolute atomic E-state index is 0.0172. The molecule has 8 nitrogen and oxygen atoms in total. The lowest BCUT2D eigenvalue weighted by atomic mass is 10.3. The summed E-state index contributed by atoms with van der Waals surface area (Å²) in [6, 6.07) is 2.94. The Bertz CT molecular complexity index is 829. The van der Waals surface area contributed by atoms with Crippen molar-refractivity contribution < 1.29 is 13.2 Å². The van der Waals surface area contributed by atoms with E-state index in [0.29, 0.717) is 11.4 Å². The first-order valence-corrected chi connectivity index (χ1v) is 7.78. The van der Waals surface area contributed by atoms with Gasteiger partial charge in [-0.15, -0.1) is 0 Å². The zero-order chi connectivity index (χ0) is 15.6. The minimum Gasteiger partial charge on any atom is -0.489 e. The molecule has 0 atom stereocenters. The third-order valence-corrected chi connectivity index (χ3v) is 3.70. The highest BCUT2D eigenvalue weighted by Crippen LogP contribution is 2.23. The SMILES string of the molecule is COc1c(Nc2ccc(S(C)(=O)=O)nc2C)nc[nH]c1=O. The molecule has 0 saturated heterocycles. The van der Waals surface area contributed by atoms with E-state index in [1.54, 1.807) is 13.0 Å². The zero-order valence-corrected chi connectivity index (χ0v) is 12.5. The second kappa shape index (κ2) is 5.52. The molecular weight excluding hydrogens is 296 g/mol. The van der Waals surface area contributed by atoms with E-state index < -0.39 is 15.4 Å². The molecule has 0 radical (unpaired) electrons. The fourth-order valence-corrected chi connectivity index (χ4v) is 2.29. The standard InChI is InChI=1S/C12H14N4O4S/c1-7-8(4-5-9(15-7)21(3,18)19)16-11-10(20-2)12(17)14-6-13-11/h4-6H,1-3H3,(H2,13,14,16,17). The Kier molecular flexibility index (Phi) is 3.94. The number of anilines is 2. The molecule has 0 unspecified atom stereocenters. The van der Waals surface area contributed by atoms with E-state index in [4.69, 9.17) is 4.74 Å². The fraction of sp³-hybridized carbons (Fsp3) is 0.250. The van der Waals surface area contributed by atoms with Crippen molar-refractivity contribution in [1.82, 2.24) is 15.0 Å². The minimum atomic E-state index is -3.37. The first-order valence-electron chi connectivity index (χ1n) is 5.89. The molecule has 112 valence electrons. The smallest absolute Gasteiger partial charge is 0.295 e. The van der Waals surface area contributed by atoms with Gasteiger partial charge in [0, 0.05) is 6.26 Å². The maximum absolute atomic E-state index is 11.6. The monoisotopic (exact) mass is 310 g/mol. The van der Waals surface area contributed by atoms with Crippen LogP contribution in [-0.2, 0) is 9.84 Å². The number of ether oxygens (including phenoxy) is 1. The molecule has 2 aromatic rings. The number of aryl methyl sites for hydroxylation is 1. The van der Waals surface area contributed by atoms with Gasteiger partial charge in [0.15, 0.2) is 20.7 Å². The molecule has 9 heteroatoms. The lowest BCUT2D eigenvalue weighted by Gasteiger charge is -2.11. The Balaban J connectivity index is 2.42. The van der Waals surface area contributed by atoms with Crippen molar-refractivity contribution in [2.24, 2.45) is 0 Å². The molecule has 0 saturated carbocycles. The number of methoxy groups -OCH3 is 1. The van der Waals surface area contributed by atoms with Crippen molar-refractivity contribution >= 4 is 21.3 Å². The van der Waals surface area contributed by atoms with E-state index in [1.807, 2.05) is 0 Å². The van der Waals surface area contributed by atoms with Gasteiger partial charge in [-0.1, -0.05) is 0 Å². The van der Waals surface area contributed by atoms with Crippen LogP contribution in [0.25, 0.3) is 0 Å². The van der Waals surface area contributed by atoms with Gasteiger partial charge in [-0.3, -0.25) is 4.79 Å². The van der Waals surface area contributed by atoms with Crippen molar-refractivity contribution in [2.75, 3.05) is 18.7 Å². The number of hydrogen-bond acceptors (Lipinski definition) is 7. The summed E-state index contributed by atoms with van der Waals surface area (Å²) in [6.07, 6.45) is 2.32. The summed E-state index contributed by atoms with van der Waals surface area (Å²) in [6.45, 7) is 1.65. The molecule has 0 aliphatic carbocycles. The average molecular weight is 310 g/mol. The number of hydrogen-bond donors (Lipinski definition) is 2. The highest BCUT2D eigenvalue weighted by molar-refractivity contribution is 7.90. The van der Waals surface area contributed by atoms with Gasteiger partial charge >= 0.3 is 0 Å². The number of H-pyrrole nitrogens is 1. The lowest BCUT2D eigenvalue weighted by Crippen LogP contribution is -2.13. The van der Waals surface area contributed by atoms with Gasteiger partial charge in [-0.05, 0) is 19.1 Å². The molecule has 0 aliphatic rings. The van der Waals surface area contributed by atoms with Crippen molar-refractivity contribution in [2.45, 2.75) is 11.9 Å². The second-order valence-corrected chi connectivity index (χ2v) is 6.26. The predicted molar refractivity (Wildman–Crippen MR) is 76.8 cm³/mol. The van der Waals surface area contributed by atoms with Crippen LogP contribution in [0.1, 0.15) is 5.69 Å². The Morgan fingerprint density at radius 3 is 2.62 bits per heavy atom. The van der Waals surface area contributed by atoms with Crippen molar-refractivity contribution in [3.05, 3.63) is 34.5 Å². The van der Waals surface area contributed by atoms with Crippen molar-refractivity contribution in [3.8, 4) is 5.75 Å². The molecule has 0 fully saturated rings. The third-order valence-electron chi connectivity index (χ3n) is 2.71. The van der Waals surface area contributed by atoms with Crippen LogP contribution >= 0.6 is 0 Å². The summed E-state index contributed by atoms with van der Waals surface area (Å²) < 4.78 is 27.9. The topological polar surface area (TPSA) is 114 Å². The molecular formula is C12H14N4O4S.